The van der Waals surface area contributed by atoms with Crippen molar-refractivity contribution in [2.45, 2.75) is 18.8 Å². The molecular weight excluding hydrogens is 298 g/mol. The van der Waals surface area contributed by atoms with Crippen LogP contribution in [0, 0.1) is 0 Å². The number of nitrogens with one attached hydrogen (secondary N) is 3. The van der Waals surface area contributed by atoms with Crippen molar-refractivity contribution < 1.29 is 0 Å². The molecule has 4 heterocycles. The molecule has 24 heavy (non-hydrogen) atoms. The fraction of sp³-hybridized carbons (Fsp3) is 0.263. The minimum atomic E-state index is 0.641. The van der Waals surface area contributed by atoms with Crippen molar-refractivity contribution in [1.82, 2.24) is 25.5 Å². The first kappa shape index (κ1) is 13.7. The summed E-state index contributed by atoms with van der Waals surface area (Å²) in [7, 11) is 0. The lowest BCUT2D eigenvalue weighted by molar-refractivity contribution is 0.460. The monoisotopic (exact) mass is 317 g/mol. The molecule has 1 fully saturated rings. The van der Waals surface area contributed by atoms with Gasteiger partial charge in [-0.05, 0) is 67.7 Å². The summed E-state index contributed by atoms with van der Waals surface area (Å²) in [5.74, 6) is 0.641. The average molecular weight is 317 g/mol. The van der Waals surface area contributed by atoms with Gasteiger partial charge in [0.2, 0.25) is 0 Å². The number of benzene rings is 1. The van der Waals surface area contributed by atoms with Gasteiger partial charge in [-0.15, -0.1) is 0 Å². The fourth-order valence-electron chi connectivity index (χ4n) is 3.73. The van der Waals surface area contributed by atoms with Crippen molar-refractivity contribution in [3.63, 3.8) is 0 Å². The number of piperidine rings is 1. The normalized spacial score (nSPS) is 16.2. The molecule has 120 valence electrons. The molecule has 0 atom stereocenters. The summed E-state index contributed by atoms with van der Waals surface area (Å²) < 4.78 is 0. The molecule has 1 aromatic carbocycles. The molecule has 4 aromatic rings. The van der Waals surface area contributed by atoms with Crippen molar-refractivity contribution in [3.8, 4) is 11.4 Å². The summed E-state index contributed by atoms with van der Waals surface area (Å²) >= 11 is 0. The Balaban J connectivity index is 1.62. The molecule has 5 nitrogen and oxygen atoms in total. The van der Waals surface area contributed by atoms with E-state index in [4.69, 9.17) is 0 Å². The topological polar surface area (TPSA) is 69.4 Å². The van der Waals surface area contributed by atoms with E-state index in [9.17, 15) is 0 Å². The van der Waals surface area contributed by atoms with Crippen molar-refractivity contribution >= 4 is 21.9 Å². The Hall–Kier alpha value is -2.66. The van der Waals surface area contributed by atoms with Crippen LogP contribution in [0.25, 0.3) is 33.3 Å². The molecule has 0 radical (unpaired) electrons. The third-order valence-corrected chi connectivity index (χ3v) is 5.04. The van der Waals surface area contributed by atoms with E-state index in [1.165, 1.54) is 23.8 Å². The van der Waals surface area contributed by atoms with Crippen LogP contribution in [0.15, 0.2) is 42.6 Å². The zero-order valence-electron chi connectivity index (χ0n) is 13.3. The van der Waals surface area contributed by atoms with E-state index in [2.05, 4.69) is 55.8 Å². The van der Waals surface area contributed by atoms with Gasteiger partial charge in [-0.2, -0.15) is 5.10 Å². The van der Waals surface area contributed by atoms with Crippen LogP contribution in [-0.2, 0) is 0 Å². The number of hydrogen-bond acceptors (Lipinski definition) is 3. The van der Waals surface area contributed by atoms with E-state index in [1.54, 1.807) is 6.20 Å². The summed E-state index contributed by atoms with van der Waals surface area (Å²) in [5, 5.41) is 13.4. The van der Waals surface area contributed by atoms with E-state index in [-0.39, 0.29) is 0 Å². The Bertz CT molecular complexity index is 974. The number of H-pyrrole nitrogens is 2. The maximum absolute atomic E-state index is 4.55. The number of hydrogen-bond donors (Lipinski definition) is 3. The Morgan fingerprint density at radius 3 is 2.83 bits per heavy atom. The van der Waals surface area contributed by atoms with Crippen LogP contribution in [0.3, 0.4) is 0 Å². The Labute approximate surface area is 139 Å². The quantitative estimate of drug-likeness (QED) is 0.529. The lowest BCUT2D eigenvalue weighted by atomic mass is 9.89. The number of pyridine rings is 1. The Kier molecular flexibility index (Phi) is 3.13. The third kappa shape index (κ3) is 2.20. The standard InChI is InChI=1S/C19H19N5/c1-2-14-11-17(22-19(14)21-7-1)18-15-10-13(3-4-16(15)23-24-18)12-5-8-20-9-6-12/h1-4,7,10-12,20H,5-6,8-9H2,(H,21,22)(H,23,24). The first-order valence-electron chi connectivity index (χ1n) is 8.51. The molecule has 3 aromatic heterocycles. The van der Waals surface area contributed by atoms with Crippen molar-refractivity contribution in [2.75, 3.05) is 13.1 Å². The molecule has 0 unspecified atom stereocenters. The summed E-state index contributed by atoms with van der Waals surface area (Å²) in [6, 6.07) is 12.9. The number of rotatable bonds is 2. The first-order valence-corrected chi connectivity index (χ1v) is 8.51. The molecule has 1 aliphatic heterocycles. The van der Waals surface area contributed by atoms with E-state index >= 15 is 0 Å². The van der Waals surface area contributed by atoms with Gasteiger partial charge in [-0.1, -0.05) is 6.07 Å². The molecule has 0 bridgehead atoms. The molecule has 0 aliphatic carbocycles. The summed E-state index contributed by atoms with van der Waals surface area (Å²) in [5.41, 5.74) is 5.38. The average Bonchev–Trinajstić information content (AvgIpc) is 3.25. The first-order chi connectivity index (χ1) is 11.9. The minimum Gasteiger partial charge on any atom is -0.338 e. The maximum atomic E-state index is 4.55. The Morgan fingerprint density at radius 2 is 1.96 bits per heavy atom. The van der Waals surface area contributed by atoms with Gasteiger partial charge in [0.15, 0.2) is 0 Å². The lowest BCUT2D eigenvalue weighted by Gasteiger charge is -2.23. The number of nitrogens with zero attached hydrogens (tertiary/aromatic N) is 2. The fourth-order valence-corrected chi connectivity index (χ4v) is 3.73. The van der Waals surface area contributed by atoms with Crippen LogP contribution in [0.5, 0.6) is 0 Å². The minimum absolute atomic E-state index is 0.641. The molecule has 1 saturated heterocycles. The number of fused-ring (bicyclic) bond motifs is 2. The molecule has 3 N–H and O–H groups in total. The predicted molar refractivity (Wildman–Crippen MR) is 96.0 cm³/mol. The second kappa shape index (κ2) is 5.46. The van der Waals surface area contributed by atoms with Crippen LogP contribution >= 0.6 is 0 Å². The van der Waals surface area contributed by atoms with Crippen molar-refractivity contribution in [1.29, 1.82) is 0 Å². The van der Waals surface area contributed by atoms with E-state index < -0.39 is 0 Å². The van der Waals surface area contributed by atoms with E-state index in [1.807, 2.05) is 6.07 Å². The molecule has 5 heteroatoms. The number of aromatic nitrogens is 4. The highest BCUT2D eigenvalue weighted by atomic mass is 15.1. The molecular formula is C19H19N5. The summed E-state index contributed by atoms with van der Waals surface area (Å²) in [6.07, 6.45) is 4.21. The Morgan fingerprint density at radius 1 is 1.04 bits per heavy atom. The summed E-state index contributed by atoms with van der Waals surface area (Å²) in [6.45, 7) is 2.21. The maximum Gasteiger partial charge on any atom is 0.137 e. The second-order valence-corrected chi connectivity index (χ2v) is 6.53. The van der Waals surface area contributed by atoms with E-state index in [0.717, 1.165) is 41.0 Å². The van der Waals surface area contributed by atoms with Gasteiger partial charge in [0.05, 0.1) is 11.2 Å². The van der Waals surface area contributed by atoms with Crippen molar-refractivity contribution in [2.24, 2.45) is 0 Å². The second-order valence-electron chi connectivity index (χ2n) is 6.53. The highest BCUT2D eigenvalue weighted by molar-refractivity contribution is 5.95. The van der Waals surface area contributed by atoms with Gasteiger partial charge >= 0.3 is 0 Å². The van der Waals surface area contributed by atoms with Gasteiger partial charge in [-0.3, -0.25) is 5.10 Å². The van der Waals surface area contributed by atoms with Crippen LogP contribution in [0.1, 0.15) is 24.3 Å². The zero-order valence-corrected chi connectivity index (χ0v) is 13.3. The van der Waals surface area contributed by atoms with Gasteiger partial charge in [0.1, 0.15) is 11.3 Å². The van der Waals surface area contributed by atoms with Crippen LogP contribution in [-0.4, -0.2) is 33.3 Å². The van der Waals surface area contributed by atoms with Gasteiger partial charge in [0.25, 0.3) is 0 Å². The highest BCUT2D eigenvalue weighted by Gasteiger charge is 2.17. The molecule has 5 rings (SSSR count). The number of aromatic amines is 2. The van der Waals surface area contributed by atoms with Gasteiger partial charge < -0.3 is 10.3 Å². The smallest absolute Gasteiger partial charge is 0.137 e. The van der Waals surface area contributed by atoms with Crippen LogP contribution in [0.4, 0.5) is 0 Å². The van der Waals surface area contributed by atoms with Crippen molar-refractivity contribution in [3.05, 3.63) is 48.2 Å². The molecule has 0 amide bonds. The SMILES string of the molecule is c1cnc2[nH]c(-c3n[nH]c4ccc(C5CCNCC5)cc34)cc2c1. The van der Waals surface area contributed by atoms with Gasteiger partial charge in [0, 0.05) is 17.0 Å². The highest BCUT2D eigenvalue weighted by Crippen LogP contribution is 2.32. The van der Waals surface area contributed by atoms with E-state index in [0.29, 0.717) is 5.92 Å². The van der Waals surface area contributed by atoms with Crippen LogP contribution < -0.4 is 5.32 Å². The van der Waals surface area contributed by atoms with Crippen LogP contribution in [0.2, 0.25) is 0 Å². The molecule has 1 aliphatic rings. The third-order valence-electron chi connectivity index (χ3n) is 5.04. The zero-order chi connectivity index (χ0) is 15.9. The predicted octanol–water partition coefficient (Wildman–Crippen LogP) is 3.57. The molecule has 0 spiro atoms. The molecule has 0 saturated carbocycles. The lowest BCUT2D eigenvalue weighted by Crippen LogP contribution is -2.26. The largest absolute Gasteiger partial charge is 0.338 e. The summed E-state index contributed by atoms with van der Waals surface area (Å²) in [4.78, 5) is 7.77. The van der Waals surface area contributed by atoms with Gasteiger partial charge in [-0.25, -0.2) is 4.98 Å².